The molecule has 1 N–H and O–H groups in total. The van der Waals surface area contributed by atoms with Crippen LogP contribution < -0.4 is 10.2 Å². The van der Waals surface area contributed by atoms with Gasteiger partial charge in [0, 0.05) is 44.1 Å². The summed E-state index contributed by atoms with van der Waals surface area (Å²) in [5.41, 5.74) is 3.78. The molecule has 0 amide bonds. The lowest BCUT2D eigenvalue weighted by molar-refractivity contribution is 0.313. The molecule has 1 aromatic carbocycles. The summed E-state index contributed by atoms with van der Waals surface area (Å²) in [5, 5.41) is 3.23. The first-order valence-corrected chi connectivity index (χ1v) is 8.60. The number of piperazine rings is 1. The second-order valence-electron chi connectivity index (χ2n) is 6.43. The van der Waals surface area contributed by atoms with Gasteiger partial charge in [0.2, 0.25) is 0 Å². The Bertz CT molecular complexity index is 462. The third-order valence-electron chi connectivity index (χ3n) is 3.70. The van der Waals surface area contributed by atoms with Gasteiger partial charge in [0.05, 0.1) is 0 Å². The Morgan fingerprint density at radius 2 is 1.78 bits per heavy atom. The van der Waals surface area contributed by atoms with Crippen molar-refractivity contribution in [2.45, 2.75) is 26.8 Å². The molecule has 23 heavy (non-hydrogen) atoms. The Kier molecular flexibility index (Phi) is 8.74. The van der Waals surface area contributed by atoms with Crippen molar-refractivity contribution in [1.29, 1.82) is 0 Å². The van der Waals surface area contributed by atoms with Gasteiger partial charge in [-0.2, -0.15) is 0 Å². The van der Waals surface area contributed by atoms with Crippen LogP contribution in [0.1, 0.15) is 25.8 Å². The first kappa shape index (κ1) is 19.5. The number of benzene rings is 1. The summed E-state index contributed by atoms with van der Waals surface area (Å²) in [6.07, 6.45) is 2.99. The predicted molar refractivity (Wildman–Crippen MR) is 103 cm³/mol. The minimum atomic E-state index is 0.928. The maximum atomic E-state index is 3.76. The van der Waals surface area contributed by atoms with Crippen LogP contribution in [0.25, 0.3) is 0 Å². The van der Waals surface area contributed by atoms with E-state index in [9.17, 15) is 0 Å². The predicted octanol–water partition coefficient (Wildman–Crippen LogP) is 3.47. The fourth-order valence-corrected chi connectivity index (χ4v) is 2.56. The molecule has 4 nitrogen and oxygen atoms in total. The molecule has 1 aliphatic heterocycles. The van der Waals surface area contributed by atoms with E-state index in [0.717, 1.165) is 38.4 Å². The Labute approximate surface area is 142 Å². The lowest BCUT2D eigenvalue weighted by atomic mass is 10.1. The van der Waals surface area contributed by atoms with Gasteiger partial charge in [-0.25, -0.2) is 0 Å². The number of likely N-dealkylation sites (N-methyl/N-ethyl adjacent to an activating group) is 1. The van der Waals surface area contributed by atoms with Crippen molar-refractivity contribution in [3.8, 4) is 0 Å². The van der Waals surface area contributed by atoms with Gasteiger partial charge in [-0.1, -0.05) is 26.8 Å². The Morgan fingerprint density at radius 1 is 1.17 bits per heavy atom. The zero-order valence-electron chi connectivity index (χ0n) is 15.6. The lowest BCUT2D eigenvalue weighted by Crippen LogP contribution is -2.44. The molecule has 0 bridgehead atoms. The van der Waals surface area contributed by atoms with Crippen molar-refractivity contribution in [2.24, 2.45) is 0 Å². The molecule has 0 unspecified atom stereocenters. The van der Waals surface area contributed by atoms with E-state index in [1.807, 2.05) is 0 Å². The molecule has 1 saturated heterocycles. The molecule has 1 aromatic rings. The SMILES string of the molecule is C=CNc1ccc(N2CCN(C)CC2)cc1CN(C)C.CCC. The average Bonchev–Trinajstić information content (AvgIpc) is 2.50. The molecule has 130 valence electrons. The highest BCUT2D eigenvalue weighted by Gasteiger charge is 2.15. The van der Waals surface area contributed by atoms with Crippen LogP contribution in [0.4, 0.5) is 11.4 Å². The van der Waals surface area contributed by atoms with Crippen LogP contribution in [0.3, 0.4) is 0 Å². The van der Waals surface area contributed by atoms with Gasteiger partial charge in [0.15, 0.2) is 0 Å². The average molecular weight is 319 g/mol. The van der Waals surface area contributed by atoms with Crippen LogP contribution in [-0.4, -0.2) is 57.1 Å². The van der Waals surface area contributed by atoms with Crippen LogP contribution in [-0.2, 0) is 6.54 Å². The maximum absolute atomic E-state index is 3.76. The summed E-state index contributed by atoms with van der Waals surface area (Å²) >= 11 is 0. The largest absolute Gasteiger partial charge is 0.369 e. The summed E-state index contributed by atoms with van der Waals surface area (Å²) in [7, 11) is 6.38. The van der Waals surface area contributed by atoms with Crippen LogP contribution in [0.2, 0.25) is 0 Å². The number of nitrogens with zero attached hydrogens (tertiary/aromatic N) is 3. The van der Waals surface area contributed by atoms with Crippen molar-refractivity contribution in [1.82, 2.24) is 9.80 Å². The number of anilines is 2. The van der Waals surface area contributed by atoms with Crippen molar-refractivity contribution in [2.75, 3.05) is 57.5 Å². The zero-order valence-corrected chi connectivity index (χ0v) is 15.6. The van der Waals surface area contributed by atoms with Crippen LogP contribution in [0.15, 0.2) is 31.0 Å². The number of hydrogen-bond acceptors (Lipinski definition) is 4. The summed E-state index contributed by atoms with van der Waals surface area (Å²) < 4.78 is 0. The quantitative estimate of drug-likeness (QED) is 0.897. The van der Waals surface area contributed by atoms with E-state index < -0.39 is 0 Å². The first-order chi connectivity index (χ1) is 11.0. The molecule has 4 heteroatoms. The Balaban J connectivity index is 0.000000816. The monoisotopic (exact) mass is 318 g/mol. The molecular weight excluding hydrogens is 284 g/mol. The summed E-state index contributed by atoms with van der Waals surface area (Å²) in [5.74, 6) is 0. The fraction of sp³-hybridized carbons (Fsp3) is 0.579. The van der Waals surface area contributed by atoms with Gasteiger partial charge in [-0.05, 0) is 51.1 Å². The van der Waals surface area contributed by atoms with Gasteiger partial charge in [0.1, 0.15) is 0 Å². The second kappa shape index (κ2) is 10.3. The van der Waals surface area contributed by atoms with Crippen LogP contribution >= 0.6 is 0 Å². The standard InChI is InChI=1S/C16H26N4.C3H8/c1-5-17-16-7-6-15(12-14(16)13-18(2)3)20-10-8-19(4)9-11-20;1-3-2/h5-7,12,17H,1,8-11,13H2,2-4H3;3H2,1-2H3. The Hall–Kier alpha value is -1.52. The second-order valence-corrected chi connectivity index (χ2v) is 6.43. The zero-order chi connectivity index (χ0) is 17.2. The molecule has 0 atom stereocenters. The van der Waals surface area contributed by atoms with Gasteiger partial charge < -0.3 is 20.0 Å². The third-order valence-corrected chi connectivity index (χ3v) is 3.70. The molecule has 0 aliphatic carbocycles. The lowest BCUT2D eigenvalue weighted by Gasteiger charge is -2.34. The minimum absolute atomic E-state index is 0.928. The van der Waals surface area contributed by atoms with Crippen LogP contribution in [0.5, 0.6) is 0 Å². The number of nitrogens with one attached hydrogen (secondary N) is 1. The van der Waals surface area contributed by atoms with Gasteiger partial charge in [-0.15, -0.1) is 0 Å². The summed E-state index contributed by atoms with van der Waals surface area (Å²) in [4.78, 5) is 7.04. The summed E-state index contributed by atoms with van der Waals surface area (Å²) in [6, 6.07) is 6.67. The van der Waals surface area contributed by atoms with Crippen molar-refractivity contribution in [3.63, 3.8) is 0 Å². The van der Waals surface area contributed by atoms with Crippen molar-refractivity contribution in [3.05, 3.63) is 36.5 Å². The molecule has 1 heterocycles. The fourth-order valence-electron chi connectivity index (χ4n) is 2.56. The van der Waals surface area contributed by atoms with E-state index in [4.69, 9.17) is 0 Å². The number of rotatable bonds is 5. The van der Waals surface area contributed by atoms with E-state index in [1.165, 1.54) is 17.7 Å². The number of hydrogen-bond donors (Lipinski definition) is 1. The van der Waals surface area contributed by atoms with Crippen molar-refractivity contribution >= 4 is 11.4 Å². The van der Waals surface area contributed by atoms with E-state index in [2.05, 4.69) is 79.8 Å². The molecule has 0 aromatic heterocycles. The highest BCUT2D eigenvalue weighted by molar-refractivity contribution is 5.61. The van der Waals surface area contributed by atoms with Crippen LogP contribution in [0, 0.1) is 0 Å². The molecule has 0 saturated carbocycles. The van der Waals surface area contributed by atoms with E-state index in [-0.39, 0.29) is 0 Å². The van der Waals surface area contributed by atoms with E-state index in [1.54, 1.807) is 6.20 Å². The highest BCUT2D eigenvalue weighted by Crippen LogP contribution is 2.25. The van der Waals surface area contributed by atoms with E-state index >= 15 is 0 Å². The smallest absolute Gasteiger partial charge is 0.0426 e. The normalized spacial score (nSPS) is 15.1. The van der Waals surface area contributed by atoms with E-state index in [0.29, 0.717) is 0 Å². The van der Waals surface area contributed by atoms with Gasteiger partial charge in [0.25, 0.3) is 0 Å². The van der Waals surface area contributed by atoms with Crippen molar-refractivity contribution < 1.29 is 0 Å². The topological polar surface area (TPSA) is 21.8 Å². The van der Waals surface area contributed by atoms with Gasteiger partial charge >= 0.3 is 0 Å². The first-order valence-electron chi connectivity index (χ1n) is 8.60. The molecule has 0 spiro atoms. The third kappa shape index (κ3) is 6.63. The molecule has 0 radical (unpaired) electrons. The summed E-state index contributed by atoms with van der Waals surface area (Å²) in [6.45, 7) is 13.4. The molecule has 2 rings (SSSR count). The highest BCUT2D eigenvalue weighted by atomic mass is 15.2. The van der Waals surface area contributed by atoms with Gasteiger partial charge in [-0.3, -0.25) is 0 Å². The molecule has 1 fully saturated rings. The Morgan fingerprint density at radius 3 is 2.30 bits per heavy atom. The molecule has 1 aliphatic rings. The maximum Gasteiger partial charge on any atom is 0.0426 e. The minimum Gasteiger partial charge on any atom is -0.369 e. The molecular formula is C19H34N4.